The van der Waals surface area contributed by atoms with Gasteiger partial charge in [0.05, 0.1) is 11.3 Å². The SMILES string of the molecule is Cn1ccc2c(-c3nc4c(cc3C(N)=O)CCC4)ccnc21. The molecule has 0 aromatic carbocycles. The fourth-order valence-corrected chi connectivity index (χ4v) is 3.24. The van der Waals surface area contributed by atoms with Crippen LogP contribution in [0.5, 0.6) is 0 Å². The number of rotatable bonds is 2. The van der Waals surface area contributed by atoms with E-state index in [4.69, 9.17) is 10.7 Å². The van der Waals surface area contributed by atoms with Crippen molar-refractivity contribution in [3.63, 3.8) is 0 Å². The second kappa shape index (κ2) is 4.66. The van der Waals surface area contributed by atoms with Gasteiger partial charge in [0, 0.05) is 36.1 Å². The normalized spacial score (nSPS) is 13.5. The van der Waals surface area contributed by atoms with Crippen molar-refractivity contribution in [3.8, 4) is 11.3 Å². The van der Waals surface area contributed by atoms with E-state index in [0.717, 1.165) is 47.1 Å². The number of nitrogens with two attached hydrogens (primary N) is 1. The average Bonchev–Trinajstić information content (AvgIpc) is 3.12. The highest BCUT2D eigenvalue weighted by atomic mass is 16.1. The first-order valence-corrected chi connectivity index (χ1v) is 7.38. The summed E-state index contributed by atoms with van der Waals surface area (Å²) in [7, 11) is 1.95. The Kier molecular flexibility index (Phi) is 2.76. The largest absolute Gasteiger partial charge is 0.366 e. The van der Waals surface area contributed by atoms with Crippen molar-refractivity contribution in [2.45, 2.75) is 19.3 Å². The van der Waals surface area contributed by atoms with Crippen LogP contribution in [0.25, 0.3) is 22.3 Å². The Balaban J connectivity index is 2.04. The Bertz CT molecular complexity index is 910. The summed E-state index contributed by atoms with van der Waals surface area (Å²) in [5, 5.41) is 0.984. The fraction of sp³-hybridized carbons (Fsp3) is 0.235. The lowest BCUT2D eigenvalue weighted by molar-refractivity contribution is 0.100. The molecule has 0 bridgehead atoms. The van der Waals surface area contributed by atoms with Crippen molar-refractivity contribution in [3.05, 3.63) is 47.4 Å². The van der Waals surface area contributed by atoms with Gasteiger partial charge in [0.25, 0.3) is 5.91 Å². The molecular weight excluding hydrogens is 276 g/mol. The number of aromatic nitrogens is 3. The van der Waals surface area contributed by atoms with Gasteiger partial charge >= 0.3 is 0 Å². The molecule has 3 heterocycles. The van der Waals surface area contributed by atoms with E-state index in [-0.39, 0.29) is 0 Å². The molecule has 0 aliphatic heterocycles. The lowest BCUT2D eigenvalue weighted by atomic mass is 10.0. The highest BCUT2D eigenvalue weighted by molar-refractivity contribution is 6.03. The molecule has 4 rings (SSSR count). The smallest absolute Gasteiger partial charge is 0.250 e. The van der Waals surface area contributed by atoms with E-state index in [1.807, 2.05) is 36.0 Å². The van der Waals surface area contributed by atoms with Crippen LogP contribution in [0.1, 0.15) is 28.0 Å². The topological polar surface area (TPSA) is 73.8 Å². The van der Waals surface area contributed by atoms with E-state index >= 15 is 0 Å². The van der Waals surface area contributed by atoms with Gasteiger partial charge in [-0.1, -0.05) is 0 Å². The van der Waals surface area contributed by atoms with Gasteiger partial charge in [-0.2, -0.15) is 0 Å². The number of carbonyl (C=O) groups excluding carboxylic acids is 1. The monoisotopic (exact) mass is 292 g/mol. The summed E-state index contributed by atoms with van der Waals surface area (Å²) in [6, 6.07) is 5.82. The lowest BCUT2D eigenvalue weighted by Gasteiger charge is -2.10. The van der Waals surface area contributed by atoms with Gasteiger partial charge in [-0.25, -0.2) is 4.98 Å². The van der Waals surface area contributed by atoms with Crippen LogP contribution in [0.15, 0.2) is 30.6 Å². The fourth-order valence-electron chi connectivity index (χ4n) is 3.24. The molecule has 110 valence electrons. The summed E-state index contributed by atoms with van der Waals surface area (Å²) in [6.07, 6.45) is 6.72. The summed E-state index contributed by atoms with van der Waals surface area (Å²) in [5.41, 5.74) is 10.8. The number of primary amides is 1. The van der Waals surface area contributed by atoms with Crippen LogP contribution in [0.2, 0.25) is 0 Å². The van der Waals surface area contributed by atoms with E-state index < -0.39 is 5.91 Å². The molecule has 0 saturated heterocycles. The van der Waals surface area contributed by atoms with Gasteiger partial charge in [0.2, 0.25) is 0 Å². The predicted molar refractivity (Wildman–Crippen MR) is 84.5 cm³/mol. The van der Waals surface area contributed by atoms with Crippen LogP contribution in [-0.2, 0) is 19.9 Å². The number of pyridine rings is 2. The van der Waals surface area contributed by atoms with Crippen LogP contribution in [0.4, 0.5) is 0 Å². The molecule has 0 saturated carbocycles. The molecule has 0 atom stereocenters. The zero-order valence-electron chi connectivity index (χ0n) is 12.3. The van der Waals surface area contributed by atoms with Gasteiger partial charge in [-0.3, -0.25) is 9.78 Å². The van der Waals surface area contributed by atoms with Crippen LogP contribution in [-0.4, -0.2) is 20.4 Å². The van der Waals surface area contributed by atoms with Crippen LogP contribution in [0.3, 0.4) is 0 Å². The first-order valence-electron chi connectivity index (χ1n) is 7.38. The molecule has 3 aromatic rings. The third-order valence-electron chi connectivity index (χ3n) is 4.34. The Hall–Kier alpha value is -2.69. The second-order valence-corrected chi connectivity index (χ2v) is 5.73. The molecule has 0 radical (unpaired) electrons. The molecular formula is C17H16N4O. The average molecular weight is 292 g/mol. The summed E-state index contributed by atoms with van der Waals surface area (Å²) in [4.78, 5) is 21.1. The number of carbonyl (C=O) groups is 1. The van der Waals surface area contributed by atoms with E-state index in [2.05, 4.69) is 4.98 Å². The summed E-state index contributed by atoms with van der Waals surface area (Å²) >= 11 is 0. The molecule has 1 aliphatic carbocycles. The number of amides is 1. The van der Waals surface area contributed by atoms with Crippen LogP contribution < -0.4 is 5.73 Å². The highest BCUT2D eigenvalue weighted by Gasteiger charge is 2.21. The molecule has 2 N–H and O–H groups in total. The number of hydrogen-bond acceptors (Lipinski definition) is 3. The van der Waals surface area contributed by atoms with Gasteiger partial charge in [-0.15, -0.1) is 0 Å². The molecule has 1 aliphatic rings. The predicted octanol–water partition coefficient (Wildman–Crippen LogP) is 2.22. The van der Waals surface area contributed by atoms with Gasteiger partial charge < -0.3 is 10.3 Å². The van der Waals surface area contributed by atoms with E-state index in [1.165, 1.54) is 0 Å². The van der Waals surface area contributed by atoms with Crippen molar-refractivity contribution < 1.29 is 4.79 Å². The summed E-state index contributed by atoms with van der Waals surface area (Å²) in [6.45, 7) is 0. The molecule has 1 amide bonds. The Morgan fingerprint density at radius 1 is 1.32 bits per heavy atom. The molecule has 3 aromatic heterocycles. The van der Waals surface area contributed by atoms with E-state index in [0.29, 0.717) is 11.3 Å². The number of hydrogen-bond donors (Lipinski definition) is 1. The maximum atomic E-state index is 11.9. The number of fused-ring (bicyclic) bond motifs is 2. The van der Waals surface area contributed by atoms with Gasteiger partial charge in [0.15, 0.2) is 0 Å². The molecule has 22 heavy (non-hydrogen) atoms. The molecule has 5 heteroatoms. The van der Waals surface area contributed by atoms with Crippen molar-refractivity contribution in [1.82, 2.24) is 14.5 Å². The molecule has 0 unspecified atom stereocenters. The molecule has 0 fully saturated rings. The number of nitrogens with zero attached hydrogens (tertiary/aromatic N) is 3. The quantitative estimate of drug-likeness (QED) is 0.787. The highest BCUT2D eigenvalue weighted by Crippen LogP contribution is 2.32. The molecule has 0 spiro atoms. The Morgan fingerprint density at radius 2 is 2.18 bits per heavy atom. The zero-order chi connectivity index (χ0) is 15.3. The van der Waals surface area contributed by atoms with Gasteiger partial charge in [-0.05, 0) is 43.0 Å². The van der Waals surface area contributed by atoms with Crippen molar-refractivity contribution in [1.29, 1.82) is 0 Å². The maximum absolute atomic E-state index is 11.9. The minimum absolute atomic E-state index is 0.432. The Morgan fingerprint density at radius 3 is 3.00 bits per heavy atom. The number of aryl methyl sites for hydroxylation is 3. The van der Waals surface area contributed by atoms with Gasteiger partial charge in [0.1, 0.15) is 5.65 Å². The lowest BCUT2D eigenvalue weighted by Crippen LogP contribution is -2.14. The standard InChI is InChI=1S/C17H16N4O/c1-21-8-6-12-11(5-7-19-17(12)21)15-13(16(18)22)9-10-3-2-4-14(10)20-15/h5-9H,2-4H2,1H3,(H2,18,22). The minimum atomic E-state index is -0.432. The van der Waals surface area contributed by atoms with Crippen molar-refractivity contribution >= 4 is 16.9 Å². The third-order valence-corrected chi connectivity index (χ3v) is 4.34. The Labute approximate surface area is 127 Å². The summed E-state index contributed by atoms with van der Waals surface area (Å²) < 4.78 is 1.95. The minimum Gasteiger partial charge on any atom is -0.366 e. The second-order valence-electron chi connectivity index (χ2n) is 5.73. The first kappa shape index (κ1) is 13.0. The van der Waals surface area contributed by atoms with Crippen LogP contribution >= 0.6 is 0 Å². The van der Waals surface area contributed by atoms with Crippen molar-refractivity contribution in [2.75, 3.05) is 0 Å². The first-order chi connectivity index (χ1) is 10.6. The van der Waals surface area contributed by atoms with E-state index in [9.17, 15) is 4.79 Å². The summed E-state index contributed by atoms with van der Waals surface area (Å²) in [5.74, 6) is -0.432. The molecule has 5 nitrogen and oxygen atoms in total. The van der Waals surface area contributed by atoms with Crippen LogP contribution in [0, 0.1) is 0 Å². The van der Waals surface area contributed by atoms with E-state index in [1.54, 1.807) is 6.20 Å². The van der Waals surface area contributed by atoms with Crippen molar-refractivity contribution in [2.24, 2.45) is 12.8 Å². The third kappa shape index (κ3) is 1.82. The zero-order valence-corrected chi connectivity index (χ0v) is 12.3. The maximum Gasteiger partial charge on any atom is 0.250 e.